The number of nitrogens with zero attached hydrogens (tertiary/aromatic N) is 1. The summed E-state index contributed by atoms with van der Waals surface area (Å²) in [7, 11) is 0. The molecule has 2 heterocycles. The smallest absolute Gasteiger partial charge is 0.223 e. The molecule has 5 atom stereocenters. The summed E-state index contributed by atoms with van der Waals surface area (Å²) in [4.78, 5) is 3.61. The predicted octanol–water partition coefficient (Wildman–Crippen LogP) is 4.38. The van der Waals surface area contributed by atoms with Gasteiger partial charge >= 0.3 is 0 Å². The summed E-state index contributed by atoms with van der Waals surface area (Å²) in [6.45, 7) is 11.3. The molecule has 0 N–H and O–H groups in total. The molecule has 0 spiro atoms. The molecular weight excluding hydrogens is 365 g/mol. The van der Waals surface area contributed by atoms with Gasteiger partial charge in [-0.15, -0.1) is 0 Å². The van der Waals surface area contributed by atoms with Crippen LogP contribution in [-0.4, -0.2) is 34.4 Å². The van der Waals surface area contributed by atoms with E-state index in [-0.39, 0.29) is 23.9 Å². The average molecular weight is 391 g/mol. The van der Waals surface area contributed by atoms with Crippen LogP contribution >= 0.6 is 22.6 Å². The van der Waals surface area contributed by atoms with Crippen molar-refractivity contribution in [3.63, 3.8) is 0 Å². The van der Waals surface area contributed by atoms with Crippen LogP contribution in [0.5, 0.6) is 0 Å². The largest absolute Gasteiger partial charge is 0.372 e. The zero-order valence-corrected chi connectivity index (χ0v) is 14.8. The molecule has 114 valence electrons. The Morgan fingerprint density at radius 2 is 2.20 bits per heavy atom. The van der Waals surface area contributed by atoms with Gasteiger partial charge < -0.3 is 14.3 Å². The summed E-state index contributed by atoms with van der Waals surface area (Å²) in [6.07, 6.45) is 8.60. The van der Waals surface area contributed by atoms with Crippen molar-refractivity contribution >= 4 is 22.6 Å². The lowest BCUT2D eigenvalue weighted by atomic mass is 9.86. The second-order valence-electron chi connectivity index (χ2n) is 6.32. The molecule has 0 aliphatic carbocycles. The molecule has 0 bridgehead atoms. The molecule has 0 amide bonds. The monoisotopic (exact) mass is 391 g/mol. The van der Waals surface area contributed by atoms with E-state index in [1.165, 1.54) is 12.8 Å². The third-order valence-corrected chi connectivity index (χ3v) is 5.89. The van der Waals surface area contributed by atoms with Crippen molar-refractivity contribution in [1.82, 2.24) is 0 Å². The van der Waals surface area contributed by atoms with Gasteiger partial charge in [0.25, 0.3) is 0 Å². The Bertz CT molecular complexity index is 357. The number of rotatable bonds is 6. The van der Waals surface area contributed by atoms with Gasteiger partial charge in [-0.05, 0) is 19.3 Å². The lowest BCUT2D eigenvalue weighted by molar-refractivity contribution is -0.153. The second kappa shape index (κ2) is 7.42. The Balaban J connectivity index is 1.96. The highest BCUT2D eigenvalue weighted by atomic mass is 127. The first-order chi connectivity index (χ1) is 9.63. The van der Waals surface area contributed by atoms with E-state index < -0.39 is 0 Å². The van der Waals surface area contributed by atoms with Crippen molar-refractivity contribution in [2.45, 2.75) is 88.7 Å². The molecule has 4 heteroatoms. The summed E-state index contributed by atoms with van der Waals surface area (Å²) in [6, 6.07) is 0.0704. The maximum atomic E-state index is 7.12. The highest BCUT2D eigenvalue weighted by molar-refractivity contribution is 14.1. The first-order valence-corrected chi connectivity index (χ1v) is 9.42. The number of fused-ring (bicyclic) bond motifs is 1. The topological polar surface area (TPSA) is 22.8 Å². The molecule has 0 unspecified atom stereocenters. The molecule has 2 saturated heterocycles. The van der Waals surface area contributed by atoms with Gasteiger partial charge in [-0.2, -0.15) is 0 Å². The van der Waals surface area contributed by atoms with E-state index in [1.807, 2.05) is 6.92 Å². The number of alkyl halides is 1. The summed E-state index contributed by atoms with van der Waals surface area (Å²) in [5, 5.41) is 0. The van der Waals surface area contributed by atoms with Crippen LogP contribution in [0.15, 0.2) is 0 Å². The molecule has 0 saturated carbocycles. The summed E-state index contributed by atoms with van der Waals surface area (Å²) >= 11 is 2.45. The van der Waals surface area contributed by atoms with E-state index in [4.69, 9.17) is 16.0 Å². The fraction of sp³-hybridized carbons (Fsp3) is 0.938. The van der Waals surface area contributed by atoms with Crippen molar-refractivity contribution in [2.24, 2.45) is 0 Å². The first-order valence-electron chi connectivity index (χ1n) is 7.89. The van der Waals surface area contributed by atoms with Crippen LogP contribution in [0.2, 0.25) is 0 Å². The van der Waals surface area contributed by atoms with E-state index in [0.717, 1.165) is 36.5 Å². The van der Waals surface area contributed by atoms with E-state index in [2.05, 4.69) is 34.4 Å². The molecule has 20 heavy (non-hydrogen) atoms. The number of hydrogen-bond donors (Lipinski definition) is 0. The molecule has 2 aliphatic heterocycles. The number of halogens is 1. The standard InChI is InChI=1S/C16H26INO2/c1-4-5-6-14-10-16(11-17)15(19-14)8-7-13(20-16)9-12(2)18-3/h12-15H,4-11H2,1-2H3/t12-,13-,14+,15+,16-/m1/s1. The van der Waals surface area contributed by atoms with Crippen molar-refractivity contribution in [3.05, 3.63) is 11.4 Å². The summed E-state index contributed by atoms with van der Waals surface area (Å²) in [5.74, 6) is 0. The van der Waals surface area contributed by atoms with Gasteiger partial charge in [0.1, 0.15) is 5.60 Å². The third-order valence-electron chi connectivity index (χ3n) is 4.60. The molecule has 0 aromatic heterocycles. The average Bonchev–Trinajstić information content (AvgIpc) is 2.83. The Labute approximate surface area is 136 Å². The molecule has 0 aromatic rings. The fourth-order valence-electron chi connectivity index (χ4n) is 3.48. The van der Waals surface area contributed by atoms with Gasteiger partial charge in [-0.1, -0.05) is 42.4 Å². The van der Waals surface area contributed by atoms with Crippen LogP contribution in [0.1, 0.15) is 58.8 Å². The molecular formula is C16H26INO2. The van der Waals surface area contributed by atoms with Gasteiger partial charge in [0.2, 0.25) is 6.04 Å². The van der Waals surface area contributed by atoms with Crippen molar-refractivity contribution in [2.75, 3.05) is 4.43 Å². The number of ether oxygens (including phenoxy) is 2. The molecule has 2 aliphatic rings. The fourth-order valence-corrected chi connectivity index (χ4v) is 4.46. The second-order valence-corrected chi connectivity index (χ2v) is 7.09. The first kappa shape index (κ1) is 16.5. The van der Waals surface area contributed by atoms with E-state index >= 15 is 0 Å². The number of hydrogen-bond acceptors (Lipinski definition) is 2. The van der Waals surface area contributed by atoms with Crippen LogP contribution in [0.3, 0.4) is 0 Å². The van der Waals surface area contributed by atoms with Gasteiger partial charge in [0, 0.05) is 24.2 Å². The SMILES string of the molecule is [C-]#[N+][C@H](C)C[C@H]1CC[C@@H]2O[C@@H](CCCC)C[C@]2(CI)O1. The summed E-state index contributed by atoms with van der Waals surface area (Å²) in [5.41, 5.74) is -0.0797. The van der Waals surface area contributed by atoms with Crippen molar-refractivity contribution in [3.8, 4) is 0 Å². The molecule has 2 rings (SSSR count). The van der Waals surface area contributed by atoms with E-state index in [9.17, 15) is 0 Å². The van der Waals surface area contributed by atoms with Gasteiger partial charge in [-0.3, -0.25) is 0 Å². The quantitative estimate of drug-likeness (QED) is 0.381. The predicted molar refractivity (Wildman–Crippen MR) is 89.2 cm³/mol. The highest BCUT2D eigenvalue weighted by Crippen LogP contribution is 2.44. The van der Waals surface area contributed by atoms with Crippen LogP contribution < -0.4 is 0 Å². The molecule has 0 aromatic carbocycles. The Kier molecular flexibility index (Phi) is 6.12. The lowest BCUT2D eigenvalue weighted by Gasteiger charge is -2.41. The maximum absolute atomic E-state index is 7.12. The summed E-state index contributed by atoms with van der Waals surface area (Å²) < 4.78 is 13.7. The minimum Gasteiger partial charge on any atom is -0.372 e. The molecule has 2 fully saturated rings. The van der Waals surface area contributed by atoms with Crippen molar-refractivity contribution < 1.29 is 9.47 Å². The zero-order chi connectivity index (χ0) is 14.6. The minimum atomic E-state index is -0.0797. The number of unbranched alkanes of at least 4 members (excludes halogenated alkanes) is 1. The highest BCUT2D eigenvalue weighted by Gasteiger charge is 2.52. The van der Waals surface area contributed by atoms with Gasteiger partial charge in [0.15, 0.2) is 0 Å². The Morgan fingerprint density at radius 3 is 2.85 bits per heavy atom. The molecule has 0 radical (unpaired) electrons. The lowest BCUT2D eigenvalue weighted by Crippen LogP contribution is -2.50. The molecule has 3 nitrogen and oxygen atoms in total. The van der Waals surface area contributed by atoms with Crippen LogP contribution in [0.4, 0.5) is 0 Å². The Hall–Kier alpha value is 0.140. The van der Waals surface area contributed by atoms with Gasteiger partial charge in [-0.25, -0.2) is 6.57 Å². The van der Waals surface area contributed by atoms with Crippen LogP contribution in [-0.2, 0) is 9.47 Å². The van der Waals surface area contributed by atoms with E-state index in [1.54, 1.807) is 0 Å². The Morgan fingerprint density at radius 1 is 1.40 bits per heavy atom. The third kappa shape index (κ3) is 3.66. The minimum absolute atomic E-state index is 0.0704. The van der Waals surface area contributed by atoms with Crippen molar-refractivity contribution in [1.29, 1.82) is 0 Å². The van der Waals surface area contributed by atoms with Crippen LogP contribution in [0, 0.1) is 6.57 Å². The van der Waals surface area contributed by atoms with E-state index in [0.29, 0.717) is 6.10 Å². The van der Waals surface area contributed by atoms with Gasteiger partial charge in [0.05, 0.1) is 18.3 Å². The normalized spacial score (nSPS) is 38.2. The maximum Gasteiger partial charge on any atom is 0.223 e. The zero-order valence-electron chi connectivity index (χ0n) is 12.6. The van der Waals surface area contributed by atoms with Crippen LogP contribution in [0.25, 0.3) is 4.85 Å².